The molecule has 0 aliphatic heterocycles. The van der Waals surface area contributed by atoms with Crippen LogP contribution in [-0.4, -0.2) is 71.1 Å². The number of ketones is 2. The highest BCUT2D eigenvalue weighted by molar-refractivity contribution is 6.26. The topological polar surface area (TPSA) is 354 Å². The molecule has 1 aliphatic rings. The summed E-state index contributed by atoms with van der Waals surface area (Å²) >= 11 is 0. The minimum atomic E-state index is -1.42. The third kappa shape index (κ3) is 3.98. The van der Waals surface area contributed by atoms with Gasteiger partial charge in [-0.2, -0.15) is 9.36 Å². The highest BCUT2D eigenvalue weighted by atomic mass is 16.6. The van der Waals surface area contributed by atoms with Crippen molar-refractivity contribution in [2.45, 2.75) is 0 Å². The molecule has 0 amide bonds. The number of benzene rings is 2. The number of non-ortho nitro benzene ring substituents is 2. The second kappa shape index (κ2) is 9.53. The van der Waals surface area contributed by atoms with Crippen LogP contribution in [0.3, 0.4) is 0 Å². The highest BCUT2D eigenvalue weighted by Gasteiger charge is 2.45. The van der Waals surface area contributed by atoms with Gasteiger partial charge in [0.15, 0.2) is 11.4 Å². The van der Waals surface area contributed by atoms with Crippen LogP contribution in [-0.2, 0) is 0 Å². The molecule has 5 rings (SSSR count). The van der Waals surface area contributed by atoms with Crippen LogP contribution in [0.4, 0.5) is 34.1 Å². The largest absolute Gasteiger partial charge is 0.308 e. The number of fused-ring (bicyclic) bond motifs is 2. The molecule has 1 aliphatic carbocycles. The Morgan fingerprint density at radius 3 is 0.977 bits per heavy atom. The van der Waals surface area contributed by atoms with E-state index in [0.29, 0.717) is 24.3 Å². The van der Waals surface area contributed by atoms with E-state index in [0.717, 1.165) is 0 Å². The summed E-state index contributed by atoms with van der Waals surface area (Å²) in [5, 5.41) is 83.1. The van der Waals surface area contributed by atoms with Crippen molar-refractivity contribution in [3.05, 3.63) is 108 Å². The lowest BCUT2D eigenvalue weighted by molar-refractivity contribution is -0.403. The molecule has 2 aromatic heterocycles. The number of hydrogen-bond acceptors (Lipinski definition) is 18. The monoisotopic (exact) mass is 612 g/mol. The Labute approximate surface area is 234 Å². The van der Waals surface area contributed by atoms with Crippen LogP contribution in [0.2, 0.25) is 0 Å². The number of nitrogens with zero attached hydrogens (tertiary/aromatic N) is 12. The van der Waals surface area contributed by atoms with E-state index in [2.05, 4.69) is 20.6 Å². The third-order valence-electron chi connectivity index (χ3n) is 5.94. The van der Waals surface area contributed by atoms with Crippen LogP contribution < -0.4 is 0 Å². The lowest BCUT2D eigenvalue weighted by Crippen LogP contribution is -2.25. The molecule has 0 spiro atoms. The molecule has 0 bridgehead atoms. The van der Waals surface area contributed by atoms with Crippen molar-refractivity contribution in [1.29, 1.82) is 0 Å². The lowest BCUT2D eigenvalue weighted by Gasteiger charge is -2.12. The molecule has 44 heavy (non-hydrogen) atoms. The first-order chi connectivity index (χ1) is 20.6. The standard InChI is InChI=1S/C18H4N12O14/c31-17-12-16(24(22-20-12)14-9(29(41)42)3-6(26(35)36)4-10(14)30(43)44)18(32)11-15(17)23(21-19-11)13-7(27(37)38)1-5(25(33)34)2-8(13)28(39)40/h1-4H. The second-order valence-corrected chi connectivity index (χ2v) is 8.26. The first-order valence-corrected chi connectivity index (χ1v) is 10.9. The normalized spacial score (nSPS) is 11.9. The van der Waals surface area contributed by atoms with E-state index in [4.69, 9.17) is 0 Å². The maximum Gasteiger partial charge on any atom is 0.308 e. The predicted molar refractivity (Wildman–Crippen MR) is 130 cm³/mol. The summed E-state index contributed by atoms with van der Waals surface area (Å²) in [5.74, 6) is -2.83. The molecule has 2 heterocycles. The van der Waals surface area contributed by atoms with E-state index >= 15 is 0 Å². The van der Waals surface area contributed by atoms with Gasteiger partial charge in [0.2, 0.25) is 22.9 Å². The van der Waals surface area contributed by atoms with Crippen LogP contribution in [0.25, 0.3) is 11.4 Å². The average molecular weight is 612 g/mol. The minimum Gasteiger partial charge on any atom is -0.285 e. The van der Waals surface area contributed by atoms with Gasteiger partial charge in [-0.3, -0.25) is 70.3 Å². The number of nitro groups is 6. The fourth-order valence-corrected chi connectivity index (χ4v) is 4.20. The molecule has 26 nitrogen and oxygen atoms in total. The number of carbonyl (C=O) groups excluding carboxylic acids is 2. The van der Waals surface area contributed by atoms with Gasteiger partial charge in [0, 0.05) is 0 Å². The summed E-state index contributed by atoms with van der Waals surface area (Å²) in [5.41, 5.74) is -13.6. The summed E-state index contributed by atoms with van der Waals surface area (Å²) in [6, 6.07) is 1.28. The number of rotatable bonds is 8. The third-order valence-corrected chi connectivity index (χ3v) is 5.94. The first-order valence-electron chi connectivity index (χ1n) is 10.9. The Morgan fingerprint density at radius 1 is 0.477 bits per heavy atom. The second-order valence-electron chi connectivity index (χ2n) is 8.26. The zero-order valence-corrected chi connectivity index (χ0v) is 20.4. The van der Waals surface area contributed by atoms with Gasteiger partial charge in [-0.25, -0.2) is 0 Å². The lowest BCUT2D eigenvalue weighted by atomic mass is 9.98. The van der Waals surface area contributed by atoms with Crippen LogP contribution in [0.5, 0.6) is 0 Å². The summed E-state index contributed by atoms with van der Waals surface area (Å²) in [6.07, 6.45) is 0. The Morgan fingerprint density at radius 2 is 0.750 bits per heavy atom. The van der Waals surface area contributed by atoms with Crippen molar-refractivity contribution >= 4 is 45.7 Å². The van der Waals surface area contributed by atoms with Gasteiger partial charge < -0.3 is 0 Å². The molecule has 0 saturated carbocycles. The van der Waals surface area contributed by atoms with Crippen molar-refractivity contribution in [2.75, 3.05) is 0 Å². The zero-order chi connectivity index (χ0) is 32.4. The highest BCUT2D eigenvalue weighted by Crippen LogP contribution is 2.41. The quantitative estimate of drug-likeness (QED) is 0.174. The molecule has 0 fully saturated rings. The van der Waals surface area contributed by atoms with E-state index in [1.165, 1.54) is 0 Å². The van der Waals surface area contributed by atoms with Crippen LogP contribution in [0, 0.1) is 60.7 Å². The number of carbonyl (C=O) groups is 2. The Bertz CT molecular complexity index is 1880. The molecule has 220 valence electrons. The minimum absolute atomic E-state index is 0.189. The van der Waals surface area contributed by atoms with Crippen molar-refractivity contribution in [3.8, 4) is 11.4 Å². The fraction of sp³-hybridized carbons (Fsp3) is 0. The number of nitro benzene ring substituents is 6. The Kier molecular flexibility index (Phi) is 6.07. The molecular formula is C18H4N12O14. The molecule has 4 aromatic rings. The predicted octanol–water partition coefficient (Wildman–Crippen LogP) is 1.07. The number of hydrogen-bond donors (Lipinski definition) is 0. The molecule has 26 heteroatoms. The van der Waals surface area contributed by atoms with E-state index < -0.39 is 109 Å². The maximum atomic E-state index is 13.5. The molecule has 0 atom stereocenters. The first kappa shape index (κ1) is 28.0. The molecule has 2 aromatic carbocycles. The van der Waals surface area contributed by atoms with Crippen molar-refractivity contribution in [1.82, 2.24) is 30.0 Å². The summed E-state index contributed by atoms with van der Waals surface area (Å²) in [7, 11) is 0. The zero-order valence-electron chi connectivity index (χ0n) is 20.4. The van der Waals surface area contributed by atoms with Crippen molar-refractivity contribution < 1.29 is 39.1 Å². The van der Waals surface area contributed by atoms with Gasteiger partial charge >= 0.3 is 22.7 Å². The maximum absolute atomic E-state index is 13.5. The van der Waals surface area contributed by atoms with Crippen molar-refractivity contribution in [3.63, 3.8) is 0 Å². The SMILES string of the molecule is O=C1c2nnn(-c3c([N+](=O)[O-])cc([N+](=O)[O-])cc3[N+](=O)[O-])c2C(=O)c2nnn(-c3c([N+](=O)[O-])cc([N+](=O)[O-])cc3[N+](=O)[O-])c21. The Hall–Kier alpha value is -7.54. The van der Waals surface area contributed by atoms with Gasteiger partial charge in [-0.05, 0) is 0 Å². The van der Waals surface area contributed by atoms with Crippen LogP contribution >= 0.6 is 0 Å². The molecule has 0 unspecified atom stereocenters. The summed E-state index contributed by atoms with van der Waals surface area (Å²) in [6.45, 7) is 0. The van der Waals surface area contributed by atoms with Gasteiger partial charge in [-0.15, -0.1) is 10.2 Å². The van der Waals surface area contributed by atoms with Gasteiger partial charge in [0.25, 0.3) is 11.4 Å². The molecule has 0 radical (unpaired) electrons. The summed E-state index contributed by atoms with van der Waals surface area (Å²) in [4.78, 5) is 89.0. The van der Waals surface area contributed by atoms with E-state index in [-0.39, 0.29) is 9.36 Å². The fourth-order valence-electron chi connectivity index (χ4n) is 4.20. The smallest absolute Gasteiger partial charge is 0.285 e. The van der Waals surface area contributed by atoms with E-state index in [1.807, 2.05) is 0 Å². The van der Waals surface area contributed by atoms with E-state index in [9.17, 15) is 70.3 Å². The van der Waals surface area contributed by atoms with Crippen LogP contribution in [0.1, 0.15) is 32.4 Å². The van der Waals surface area contributed by atoms with Gasteiger partial charge in [0.05, 0.1) is 53.8 Å². The Balaban J connectivity index is 1.78. The van der Waals surface area contributed by atoms with Crippen LogP contribution in [0.15, 0.2) is 24.3 Å². The molecule has 0 saturated heterocycles. The summed E-state index contributed by atoms with van der Waals surface area (Å²) < 4.78 is 0.378. The van der Waals surface area contributed by atoms with Crippen molar-refractivity contribution in [2.24, 2.45) is 0 Å². The van der Waals surface area contributed by atoms with Gasteiger partial charge in [0.1, 0.15) is 11.4 Å². The van der Waals surface area contributed by atoms with Gasteiger partial charge in [-0.1, -0.05) is 10.4 Å². The van der Waals surface area contributed by atoms with E-state index in [1.54, 1.807) is 0 Å². The molecule has 0 N–H and O–H groups in total. The molecular weight excluding hydrogens is 608 g/mol. The number of aromatic nitrogens is 6. The average Bonchev–Trinajstić information content (AvgIpc) is 3.60.